The largest absolute Gasteiger partial charge is 0.493 e. The molecule has 1 unspecified atom stereocenters. The number of hydrogen-bond donors (Lipinski definition) is 1. The van der Waals surface area contributed by atoms with Crippen LogP contribution in [0.15, 0.2) is 18.2 Å². The van der Waals surface area contributed by atoms with Gasteiger partial charge in [-0.3, -0.25) is 0 Å². The van der Waals surface area contributed by atoms with Gasteiger partial charge in [-0.05, 0) is 26.8 Å². The molecule has 2 N–H and O–H groups in total. The minimum absolute atomic E-state index is 0.00297. The van der Waals surface area contributed by atoms with Crippen LogP contribution in [0.5, 0.6) is 5.75 Å². The number of benzene rings is 1. The SMILES string of the molecule is CCOCCCOc1ccc(C)cc1C(C)N. The van der Waals surface area contributed by atoms with Gasteiger partial charge < -0.3 is 15.2 Å². The lowest BCUT2D eigenvalue weighted by atomic mass is 10.1. The van der Waals surface area contributed by atoms with Crippen molar-refractivity contribution in [1.82, 2.24) is 0 Å². The Bertz CT molecular complexity index is 337. The Balaban J connectivity index is 2.52. The van der Waals surface area contributed by atoms with E-state index in [2.05, 4.69) is 13.0 Å². The summed E-state index contributed by atoms with van der Waals surface area (Å²) in [4.78, 5) is 0. The highest BCUT2D eigenvalue weighted by Crippen LogP contribution is 2.25. The fourth-order valence-corrected chi connectivity index (χ4v) is 1.64. The topological polar surface area (TPSA) is 44.5 Å². The van der Waals surface area contributed by atoms with Crippen molar-refractivity contribution in [1.29, 1.82) is 0 Å². The van der Waals surface area contributed by atoms with E-state index in [1.807, 2.05) is 26.0 Å². The number of ether oxygens (including phenoxy) is 2. The maximum atomic E-state index is 5.93. The molecule has 1 rings (SSSR count). The van der Waals surface area contributed by atoms with E-state index in [0.717, 1.165) is 30.9 Å². The van der Waals surface area contributed by atoms with Crippen molar-refractivity contribution >= 4 is 0 Å². The second kappa shape index (κ2) is 7.30. The van der Waals surface area contributed by atoms with Crippen molar-refractivity contribution in [2.75, 3.05) is 19.8 Å². The van der Waals surface area contributed by atoms with Crippen molar-refractivity contribution < 1.29 is 9.47 Å². The molecule has 0 saturated heterocycles. The average molecular weight is 237 g/mol. The van der Waals surface area contributed by atoms with Crippen LogP contribution in [-0.4, -0.2) is 19.8 Å². The molecule has 0 aliphatic heterocycles. The van der Waals surface area contributed by atoms with Crippen LogP contribution in [0.1, 0.15) is 37.4 Å². The normalized spacial score (nSPS) is 12.5. The predicted molar refractivity (Wildman–Crippen MR) is 70.4 cm³/mol. The molecule has 1 aromatic rings. The molecule has 3 heteroatoms. The zero-order valence-electron chi connectivity index (χ0n) is 11.0. The van der Waals surface area contributed by atoms with Gasteiger partial charge in [-0.15, -0.1) is 0 Å². The molecule has 0 amide bonds. The van der Waals surface area contributed by atoms with Crippen LogP contribution in [0.3, 0.4) is 0 Å². The monoisotopic (exact) mass is 237 g/mol. The minimum Gasteiger partial charge on any atom is -0.493 e. The van der Waals surface area contributed by atoms with Gasteiger partial charge in [0.2, 0.25) is 0 Å². The van der Waals surface area contributed by atoms with Gasteiger partial charge >= 0.3 is 0 Å². The summed E-state index contributed by atoms with van der Waals surface area (Å²) in [6, 6.07) is 6.12. The first-order valence-corrected chi connectivity index (χ1v) is 6.21. The quantitative estimate of drug-likeness (QED) is 0.742. The van der Waals surface area contributed by atoms with E-state index in [9.17, 15) is 0 Å². The molecule has 0 radical (unpaired) electrons. The second-order valence-corrected chi connectivity index (χ2v) is 4.23. The third kappa shape index (κ3) is 4.75. The van der Waals surface area contributed by atoms with Crippen molar-refractivity contribution in [3.63, 3.8) is 0 Å². The van der Waals surface area contributed by atoms with Crippen LogP contribution in [-0.2, 0) is 4.74 Å². The third-order valence-electron chi connectivity index (χ3n) is 2.55. The zero-order chi connectivity index (χ0) is 12.7. The highest BCUT2D eigenvalue weighted by molar-refractivity contribution is 5.38. The molecule has 0 aliphatic carbocycles. The van der Waals surface area contributed by atoms with Gasteiger partial charge in [-0.1, -0.05) is 17.7 Å². The molecule has 0 fully saturated rings. The maximum absolute atomic E-state index is 5.93. The van der Waals surface area contributed by atoms with Crippen LogP contribution >= 0.6 is 0 Å². The molecule has 0 heterocycles. The van der Waals surface area contributed by atoms with E-state index in [4.69, 9.17) is 15.2 Å². The molecule has 0 saturated carbocycles. The Hall–Kier alpha value is -1.06. The summed E-state index contributed by atoms with van der Waals surface area (Å²) in [5, 5.41) is 0. The number of rotatable bonds is 7. The molecule has 96 valence electrons. The average Bonchev–Trinajstić information content (AvgIpc) is 2.30. The lowest BCUT2D eigenvalue weighted by Gasteiger charge is -2.14. The first kappa shape index (κ1) is 14.0. The van der Waals surface area contributed by atoms with Crippen molar-refractivity contribution in [3.8, 4) is 5.75 Å². The molecular weight excluding hydrogens is 214 g/mol. The van der Waals surface area contributed by atoms with Gasteiger partial charge in [-0.25, -0.2) is 0 Å². The lowest BCUT2D eigenvalue weighted by Crippen LogP contribution is -2.10. The van der Waals surface area contributed by atoms with E-state index in [-0.39, 0.29) is 6.04 Å². The van der Waals surface area contributed by atoms with Gasteiger partial charge in [0.25, 0.3) is 0 Å². The third-order valence-corrected chi connectivity index (χ3v) is 2.55. The zero-order valence-corrected chi connectivity index (χ0v) is 11.0. The standard InChI is InChI=1S/C14H23NO2/c1-4-16-8-5-9-17-14-7-6-11(2)10-13(14)12(3)15/h6-7,10,12H,4-5,8-9,15H2,1-3H3. The summed E-state index contributed by atoms with van der Waals surface area (Å²) in [6.45, 7) is 8.20. The summed E-state index contributed by atoms with van der Waals surface area (Å²) in [6.07, 6.45) is 0.903. The van der Waals surface area contributed by atoms with Gasteiger partial charge in [-0.2, -0.15) is 0 Å². The van der Waals surface area contributed by atoms with Crippen LogP contribution < -0.4 is 10.5 Å². The molecule has 1 aromatic carbocycles. The summed E-state index contributed by atoms with van der Waals surface area (Å²) in [7, 11) is 0. The second-order valence-electron chi connectivity index (χ2n) is 4.23. The molecule has 0 bridgehead atoms. The van der Waals surface area contributed by atoms with Crippen LogP contribution in [0.2, 0.25) is 0 Å². The number of hydrogen-bond acceptors (Lipinski definition) is 3. The fraction of sp³-hybridized carbons (Fsp3) is 0.571. The summed E-state index contributed by atoms with van der Waals surface area (Å²) in [5.74, 6) is 0.891. The summed E-state index contributed by atoms with van der Waals surface area (Å²) in [5.41, 5.74) is 8.21. The van der Waals surface area contributed by atoms with E-state index >= 15 is 0 Å². The first-order chi connectivity index (χ1) is 8.15. The predicted octanol–water partition coefficient (Wildman–Crippen LogP) is 2.82. The summed E-state index contributed by atoms with van der Waals surface area (Å²) >= 11 is 0. The minimum atomic E-state index is -0.00297. The van der Waals surface area contributed by atoms with Crippen molar-refractivity contribution in [3.05, 3.63) is 29.3 Å². The van der Waals surface area contributed by atoms with Gasteiger partial charge in [0.1, 0.15) is 5.75 Å². The Morgan fingerprint density at radius 2 is 2.06 bits per heavy atom. The highest BCUT2D eigenvalue weighted by Gasteiger charge is 2.08. The van der Waals surface area contributed by atoms with Gasteiger partial charge in [0.05, 0.1) is 6.61 Å². The van der Waals surface area contributed by atoms with Crippen LogP contribution in [0.4, 0.5) is 0 Å². The molecule has 0 spiro atoms. The fourth-order valence-electron chi connectivity index (χ4n) is 1.64. The van der Waals surface area contributed by atoms with Crippen LogP contribution in [0, 0.1) is 6.92 Å². The Kier molecular flexibility index (Phi) is 6.01. The number of aryl methyl sites for hydroxylation is 1. The molecule has 3 nitrogen and oxygen atoms in total. The lowest BCUT2D eigenvalue weighted by molar-refractivity contribution is 0.130. The maximum Gasteiger partial charge on any atom is 0.124 e. The van der Waals surface area contributed by atoms with Crippen molar-refractivity contribution in [2.24, 2.45) is 5.73 Å². The molecule has 0 aromatic heterocycles. The molecule has 0 aliphatic rings. The van der Waals surface area contributed by atoms with E-state index < -0.39 is 0 Å². The molecule has 1 atom stereocenters. The first-order valence-electron chi connectivity index (χ1n) is 6.21. The van der Waals surface area contributed by atoms with E-state index in [1.54, 1.807) is 0 Å². The van der Waals surface area contributed by atoms with E-state index in [0.29, 0.717) is 6.61 Å². The Morgan fingerprint density at radius 1 is 1.29 bits per heavy atom. The van der Waals surface area contributed by atoms with Gasteiger partial charge in [0.15, 0.2) is 0 Å². The Morgan fingerprint density at radius 3 is 2.71 bits per heavy atom. The highest BCUT2D eigenvalue weighted by atomic mass is 16.5. The van der Waals surface area contributed by atoms with Crippen molar-refractivity contribution in [2.45, 2.75) is 33.2 Å². The molecular formula is C14H23NO2. The Labute approximate surface area is 104 Å². The van der Waals surface area contributed by atoms with Gasteiger partial charge in [0, 0.05) is 31.2 Å². The summed E-state index contributed by atoms with van der Waals surface area (Å²) < 4.78 is 11.0. The smallest absolute Gasteiger partial charge is 0.124 e. The number of nitrogens with two attached hydrogens (primary N) is 1. The molecule has 17 heavy (non-hydrogen) atoms. The van der Waals surface area contributed by atoms with E-state index in [1.165, 1.54) is 5.56 Å². The van der Waals surface area contributed by atoms with Crippen LogP contribution in [0.25, 0.3) is 0 Å².